The summed E-state index contributed by atoms with van der Waals surface area (Å²) >= 11 is 11.6. The van der Waals surface area contributed by atoms with E-state index in [1.165, 1.54) is 6.07 Å². The fourth-order valence-corrected chi connectivity index (χ4v) is 2.08. The number of rotatable bonds is 5. The molecule has 2 aromatic carbocycles. The first-order valence-corrected chi connectivity index (χ1v) is 6.85. The highest BCUT2D eigenvalue weighted by Gasteiger charge is 2.09. The summed E-state index contributed by atoms with van der Waals surface area (Å²) in [5, 5.41) is 0.0730. The van der Waals surface area contributed by atoms with Gasteiger partial charge in [-0.15, -0.1) is 11.6 Å². The van der Waals surface area contributed by atoms with Gasteiger partial charge in [0.05, 0.1) is 12.1 Å². The minimum Gasteiger partial charge on any atom is -0.493 e. The minimum atomic E-state index is -0.461. The van der Waals surface area contributed by atoms with Gasteiger partial charge in [0.2, 0.25) is 0 Å². The minimum absolute atomic E-state index is 0.0730. The zero-order chi connectivity index (χ0) is 14.5. The summed E-state index contributed by atoms with van der Waals surface area (Å²) in [4.78, 5) is 0. The topological polar surface area (TPSA) is 18.5 Å². The lowest BCUT2D eigenvalue weighted by atomic mass is 10.2. The van der Waals surface area contributed by atoms with Crippen molar-refractivity contribution in [2.75, 3.05) is 7.11 Å². The van der Waals surface area contributed by atoms with Crippen LogP contribution in [0, 0.1) is 5.82 Å². The highest BCUT2D eigenvalue weighted by atomic mass is 35.5. The largest absolute Gasteiger partial charge is 0.493 e. The third-order valence-corrected chi connectivity index (χ3v) is 3.53. The van der Waals surface area contributed by atoms with Crippen molar-refractivity contribution in [2.45, 2.75) is 12.5 Å². The van der Waals surface area contributed by atoms with E-state index in [4.69, 9.17) is 32.7 Å². The fourth-order valence-electron chi connectivity index (χ4n) is 1.73. The average molecular weight is 315 g/mol. The summed E-state index contributed by atoms with van der Waals surface area (Å²) in [5.74, 6) is 1.07. The van der Waals surface area contributed by atoms with Crippen molar-refractivity contribution in [3.63, 3.8) is 0 Å². The van der Waals surface area contributed by atoms with E-state index in [1.54, 1.807) is 31.4 Å². The Kier molecular flexibility index (Phi) is 5.10. The van der Waals surface area contributed by atoms with Crippen LogP contribution < -0.4 is 9.47 Å². The molecule has 5 heteroatoms. The Hall–Kier alpha value is -1.45. The van der Waals surface area contributed by atoms with Crippen molar-refractivity contribution >= 4 is 23.2 Å². The van der Waals surface area contributed by atoms with E-state index in [0.717, 1.165) is 5.56 Å². The molecule has 2 rings (SSSR count). The van der Waals surface area contributed by atoms with E-state index < -0.39 is 5.82 Å². The molecule has 0 fully saturated rings. The summed E-state index contributed by atoms with van der Waals surface area (Å²) in [6, 6.07) is 10.0. The second-order valence-corrected chi connectivity index (χ2v) is 4.77. The molecule has 20 heavy (non-hydrogen) atoms. The van der Waals surface area contributed by atoms with Crippen molar-refractivity contribution in [1.29, 1.82) is 0 Å². The van der Waals surface area contributed by atoms with Crippen LogP contribution in [0.2, 0.25) is 5.02 Å². The molecule has 0 atom stereocenters. The lowest BCUT2D eigenvalue weighted by molar-refractivity contribution is 0.284. The van der Waals surface area contributed by atoms with Crippen LogP contribution in [-0.2, 0) is 12.5 Å². The number of halogens is 3. The Balaban J connectivity index is 2.16. The molecular weight excluding hydrogens is 302 g/mol. The molecular formula is C15H13Cl2FO2. The molecule has 0 unspecified atom stereocenters. The van der Waals surface area contributed by atoms with Crippen LogP contribution >= 0.6 is 23.2 Å². The van der Waals surface area contributed by atoms with Gasteiger partial charge < -0.3 is 9.47 Å². The van der Waals surface area contributed by atoms with Gasteiger partial charge in [-0.2, -0.15) is 0 Å². The van der Waals surface area contributed by atoms with Crippen molar-refractivity contribution in [3.8, 4) is 11.5 Å². The van der Waals surface area contributed by atoms with Gasteiger partial charge in [-0.3, -0.25) is 0 Å². The van der Waals surface area contributed by atoms with Crippen molar-refractivity contribution < 1.29 is 13.9 Å². The van der Waals surface area contributed by atoms with Crippen LogP contribution in [0.1, 0.15) is 11.1 Å². The Labute approximate surface area is 127 Å². The Bertz CT molecular complexity index is 602. The SMILES string of the molecule is COc1cc(CCl)ccc1OCc1cccc(F)c1Cl. The normalized spacial score (nSPS) is 10.4. The zero-order valence-electron chi connectivity index (χ0n) is 10.8. The third kappa shape index (κ3) is 3.35. The van der Waals surface area contributed by atoms with Crippen LogP contribution in [0.4, 0.5) is 4.39 Å². The molecule has 0 spiro atoms. The third-order valence-electron chi connectivity index (χ3n) is 2.80. The van der Waals surface area contributed by atoms with E-state index in [0.29, 0.717) is 22.9 Å². The monoisotopic (exact) mass is 314 g/mol. The molecule has 0 saturated heterocycles. The summed E-state index contributed by atoms with van der Waals surface area (Å²) < 4.78 is 24.2. The molecule has 106 valence electrons. The maximum atomic E-state index is 13.3. The molecule has 0 N–H and O–H groups in total. The zero-order valence-corrected chi connectivity index (χ0v) is 12.3. The maximum absolute atomic E-state index is 13.3. The lowest BCUT2D eigenvalue weighted by Gasteiger charge is -2.12. The van der Waals surface area contributed by atoms with Crippen molar-refractivity contribution in [1.82, 2.24) is 0 Å². The Morgan fingerprint density at radius 2 is 1.95 bits per heavy atom. The predicted molar refractivity (Wildman–Crippen MR) is 78.3 cm³/mol. The standard InChI is InChI=1S/C15H13Cl2FO2/c1-19-14-7-10(8-16)5-6-13(14)20-9-11-3-2-4-12(18)15(11)17/h2-7H,8-9H2,1H3. The molecule has 0 aliphatic heterocycles. The van der Waals surface area contributed by atoms with E-state index in [1.807, 2.05) is 6.07 Å². The second-order valence-electron chi connectivity index (χ2n) is 4.12. The van der Waals surface area contributed by atoms with Gasteiger partial charge in [-0.1, -0.05) is 29.8 Å². The number of hydrogen-bond acceptors (Lipinski definition) is 2. The number of benzene rings is 2. The summed E-state index contributed by atoms with van der Waals surface area (Å²) in [6.07, 6.45) is 0. The van der Waals surface area contributed by atoms with Crippen LogP contribution in [0.3, 0.4) is 0 Å². The van der Waals surface area contributed by atoms with Crippen LogP contribution in [0.25, 0.3) is 0 Å². The summed E-state index contributed by atoms with van der Waals surface area (Å²) in [7, 11) is 1.55. The highest BCUT2D eigenvalue weighted by molar-refractivity contribution is 6.31. The van der Waals surface area contributed by atoms with E-state index >= 15 is 0 Å². The fraction of sp³-hybridized carbons (Fsp3) is 0.200. The average Bonchev–Trinajstić information content (AvgIpc) is 2.48. The van der Waals surface area contributed by atoms with Gasteiger partial charge in [-0.05, 0) is 23.8 Å². The van der Waals surface area contributed by atoms with Crippen molar-refractivity contribution in [2.24, 2.45) is 0 Å². The number of methoxy groups -OCH3 is 1. The van der Waals surface area contributed by atoms with Crippen LogP contribution in [0.15, 0.2) is 36.4 Å². The van der Waals surface area contributed by atoms with E-state index in [9.17, 15) is 4.39 Å². The molecule has 0 amide bonds. The number of ether oxygens (including phenoxy) is 2. The van der Waals surface area contributed by atoms with E-state index in [-0.39, 0.29) is 11.6 Å². The van der Waals surface area contributed by atoms with Gasteiger partial charge in [-0.25, -0.2) is 4.39 Å². The van der Waals surface area contributed by atoms with Crippen LogP contribution in [-0.4, -0.2) is 7.11 Å². The quantitative estimate of drug-likeness (QED) is 0.738. The molecule has 0 bridgehead atoms. The van der Waals surface area contributed by atoms with Crippen LogP contribution in [0.5, 0.6) is 11.5 Å². The number of hydrogen-bond donors (Lipinski definition) is 0. The summed E-state index contributed by atoms with van der Waals surface area (Å²) in [5.41, 5.74) is 1.51. The maximum Gasteiger partial charge on any atom is 0.161 e. The second kappa shape index (κ2) is 6.82. The first kappa shape index (κ1) is 14.9. The molecule has 2 nitrogen and oxygen atoms in total. The summed E-state index contributed by atoms with van der Waals surface area (Å²) in [6.45, 7) is 0.160. The van der Waals surface area contributed by atoms with Gasteiger partial charge in [0.1, 0.15) is 12.4 Å². The lowest BCUT2D eigenvalue weighted by Crippen LogP contribution is -1.99. The smallest absolute Gasteiger partial charge is 0.161 e. The number of alkyl halides is 1. The Morgan fingerprint density at radius 1 is 1.15 bits per heavy atom. The molecule has 0 heterocycles. The predicted octanol–water partition coefficient (Wildman–Crippen LogP) is 4.81. The molecule has 0 saturated carbocycles. The van der Waals surface area contributed by atoms with Crippen molar-refractivity contribution in [3.05, 3.63) is 58.4 Å². The van der Waals surface area contributed by atoms with Gasteiger partial charge in [0.15, 0.2) is 11.5 Å². The first-order valence-electron chi connectivity index (χ1n) is 5.94. The highest BCUT2D eigenvalue weighted by Crippen LogP contribution is 2.30. The molecule has 0 radical (unpaired) electrons. The van der Waals surface area contributed by atoms with Gasteiger partial charge >= 0.3 is 0 Å². The first-order chi connectivity index (χ1) is 9.65. The van der Waals surface area contributed by atoms with Gasteiger partial charge in [0.25, 0.3) is 0 Å². The van der Waals surface area contributed by atoms with E-state index in [2.05, 4.69) is 0 Å². The molecule has 0 aliphatic carbocycles. The molecule has 0 aliphatic rings. The Morgan fingerprint density at radius 3 is 2.65 bits per heavy atom. The molecule has 0 aromatic heterocycles. The van der Waals surface area contributed by atoms with Gasteiger partial charge in [0, 0.05) is 11.4 Å². The molecule has 2 aromatic rings.